The number of nitrogens with zero attached hydrogens (tertiary/aromatic N) is 4. The Bertz CT molecular complexity index is 891. The number of thioether (sulfide) groups is 1. The average molecular weight is 443 g/mol. The minimum Gasteiger partial charge on any atom is -0.341 e. The third-order valence-electron chi connectivity index (χ3n) is 5.85. The van der Waals surface area contributed by atoms with Gasteiger partial charge in [0.05, 0.1) is 10.9 Å². The number of carbonyl (C=O) groups excluding carboxylic acids is 2. The first kappa shape index (κ1) is 21.7. The maximum Gasteiger partial charge on any atom is 0.321 e. The molecule has 1 aliphatic carbocycles. The smallest absolute Gasteiger partial charge is 0.321 e. The van der Waals surface area contributed by atoms with E-state index in [1.807, 2.05) is 34.9 Å². The van der Waals surface area contributed by atoms with Crippen LogP contribution in [0.1, 0.15) is 51.9 Å². The van der Waals surface area contributed by atoms with Gasteiger partial charge >= 0.3 is 6.03 Å². The van der Waals surface area contributed by atoms with Gasteiger partial charge < -0.3 is 10.2 Å². The van der Waals surface area contributed by atoms with Gasteiger partial charge in [-0.05, 0) is 51.2 Å². The molecule has 1 atom stereocenters. The molecular formula is C22H30N6O2S. The van der Waals surface area contributed by atoms with E-state index in [2.05, 4.69) is 25.7 Å². The molecule has 31 heavy (non-hydrogen) atoms. The van der Waals surface area contributed by atoms with Gasteiger partial charge in [0.15, 0.2) is 5.16 Å². The summed E-state index contributed by atoms with van der Waals surface area (Å²) in [6.07, 6.45) is 7.71. The number of aromatic nitrogens is 3. The van der Waals surface area contributed by atoms with Crippen molar-refractivity contribution in [3.05, 3.63) is 30.3 Å². The van der Waals surface area contributed by atoms with Gasteiger partial charge in [0, 0.05) is 19.1 Å². The van der Waals surface area contributed by atoms with Crippen LogP contribution in [0.4, 0.5) is 10.7 Å². The molecule has 2 N–H and O–H groups in total. The predicted octanol–water partition coefficient (Wildman–Crippen LogP) is 3.51. The molecule has 9 heteroatoms. The van der Waals surface area contributed by atoms with E-state index in [4.69, 9.17) is 0 Å². The predicted molar refractivity (Wildman–Crippen MR) is 122 cm³/mol. The number of para-hydroxylation sites is 1. The Morgan fingerprint density at radius 2 is 1.74 bits per heavy atom. The van der Waals surface area contributed by atoms with E-state index in [0.717, 1.165) is 63.3 Å². The zero-order valence-corrected chi connectivity index (χ0v) is 18.7. The molecule has 1 aliphatic heterocycles. The summed E-state index contributed by atoms with van der Waals surface area (Å²) < 4.78 is 2.01. The quantitative estimate of drug-likeness (QED) is 0.665. The molecule has 1 saturated carbocycles. The number of amides is 3. The molecule has 3 amide bonds. The molecule has 0 bridgehead atoms. The summed E-state index contributed by atoms with van der Waals surface area (Å²) >= 11 is 1.31. The van der Waals surface area contributed by atoms with Crippen LogP contribution in [0.15, 0.2) is 35.5 Å². The van der Waals surface area contributed by atoms with E-state index in [9.17, 15) is 9.59 Å². The van der Waals surface area contributed by atoms with E-state index in [1.54, 1.807) is 6.92 Å². The van der Waals surface area contributed by atoms with Gasteiger partial charge in [-0.25, -0.2) is 4.79 Å². The fraction of sp³-hybridized carbons (Fsp3) is 0.545. The molecule has 2 fully saturated rings. The second-order valence-corrected chi connectivity index (χ2v) is 9.51. The fourth-order valence-electron chi connectivity index (χ4n) is 4.16. The number of nitrogens with one attached hydrogen (secondary N) is 2. The molecule has 0 radical (unpaired) electrons. The number of hydrogen-bond acceptors (Lipinski definition) is 6. The summed E-state index contributed by atoms with van der Waals surface area (Å²) in [4.78, 5) is 27.1. The van der Waals surface area contributed by atoms with E-state index in [-0.39, 0.29) is 11.9 Å². The Morgan fingerprint density at radius 1 is 1.03 bits per heavy atom. The van der Waals surface area contributed by atoms with Crippen LogP contribution in [-0.4, -0.2) is 51.1 Å². The lowest BCUT2D eigenvalue weighted by atomic mass is 10.1. The standard InChI is InChI=1S/C22H30N6O2S/c1-16(19(29)24-20(30)23-17-10-6-7-11-17)31-22-26-25-21(27-14-8-3-9-15-27)28(22)18-12-4-2-5-13-18/h2,4-5,12-13,16-17H,3,6-11,14-15H2,1H3,(H2,23,24,29,30). The summed E-state index contributed by atoms with van der Waals surface area (Å²) in [5.41, 5.74) is 0.960. The molecule has 1 saturated heterocycles. The number of benzene rings is 1. The number of piperidine rings is 1. The van der Waals surface area contributed by atoms with Crippen LogP contribution in [0.25, 0.3) is 5.69 Å². The van der Waals surface area contributed by atoms with Crippen molar-refractivity contribution < 1.29 is 9.59 Å². The lowest BCUT2D eigenvalue weighted by Gasteiger charge is -2.28. The number of hydrogen-bond donors (Lipinski definition) is 2. The Kier molecular flexibility index (Phi) is 7.11. The first-order chi connectivity index (χ1) is 15.1. The summed E-state index contributed by atoms with van der Waals surface area (Å²) in [6.45, 7) is 3.69. The second kappa shape index (κ2) is 10.2. The number of rotatable bonds is 6. The van der Waals surface area contributed by atoms with Gasteiger partial charge in [0.25, 0.3) is 0 Å². The van der Waals surface area contributed by atoms with Gasteiger partial charge in [-0.2, -0.15) is 0 Å². The highest BCUT2D eigenvalue weighted by Crippen LogP contribution is 2.30. The summed E-state index contributed by atoms with van der Waals surface area (Å²) in [5, 5.41) is 14.4. The lowest BCUT2D eigenvalue weighted by Crippen LogP contribution is -2.45. The van der Waals surface area contributed by atoms with Gasteiger partial charge in [-0.1, -0.05) is 42.8 Å². The van der Waals surface area contributed by atoms with E-state index in [0.29, 0.717) is 5.16 Å². The van der Waals surface area contributed by atoms with Gasteiger partial charge in [0.2, 0.25) is 11.9 Å². The highest BCUT2D eigenvalue weighted by Gasteiger charge is 2.26. The molecule has 2 aromatic rings. The highest BCUT2D eigenvalue weighted by molar-refractivity contribution is 8.00. The monoisotopic (exact) mass is 442 g/mol. The minimum atomic E-state index is -0.491. The molecular weight excluding hydrogens is 412 g/mol. The van der Waals surface area contributed by atoms with Gasteiger partial charge in [-0.15, -0.1) is 10.2 Å². The third kappa shape index (κ3) is 5.39. The maximum absolute atomic E-state index is 12.6. The van der Waals surface area contributed by atoms with Crippen molar-refractivity contribution in [2.45, 2.75) is 68.3 Å². The molecule has 1 aromatic heterocycles. The van der Waals surface area contributed by atoms with E-state index >= 15 is 0 Å². The van der Waals surface area contributed by atoms with Crippen LogP contribution in [0.5, 0.6) is 0 Å². The van der Waals surface area contributed by atoms with Crippen molar-refractivity contribution in [3.8, 4) is 5.69 Å². The van der Waals surface area contributed by atoms with Crippen molar-refractivity contribution in [1.82, 2.24) is 25.4 Å². The molecule has 8 nitrogen and oxygen atoms in total. The number of imide groups is 1. The molecule has 2 aliphatic rings. The second-order valence-electron chi connectivity index (χ2n) is 8.21. The fourth-order valence-corrected chi connectivity index (χ4v) is 5.02. The van der Waals surface area contributed by atoms with Gasteiger partial charge in [-0.3, -0.25) is 14.7 Å². The summed E-state index contributed by atoms with van der Waals surface area (Å²) in [7, 11) is 0. The first-order valence-corrected chi connectivity index (χ1v) is 12.0. The zero-order chi connectivity index (χ0) is 21.6. The van der Waals surface area contributed by atoms with Crippen molar-refractivity contribution in [1.29, 1.82) is 0 Å². The van der Waals surface area contributed by atoms with E-state index < -0.39 is 11.3 Å². The number of anilines is 1. The normalized spacial score (nSPS) is 18.0. The molecule has 166 valence electrons. The average Bonchev–Trinajstić information content (AvgIpc) is 3.44. The Labute approximate surface area is 187 Å². The Hall–Kier alpha value is -2.55. The van der Waals surface area contributed by atoms with E-state index in [1.165, 1.54) is 18.2 Å². The molecule has 1 aromatic carbocycles. The zero-order valence-electron chi connectivity index (χ0n) is 17.9. The summed E-state index contributed by atoms with van der Waals surface area (Å²) in [5.74, 6) is 0.475. The van der Waals surface area contributed by atoms with Crippen LogP contribution in [-0.2, 0) is 4.79 Å². The molecule has 2 heterocycles. The van der Waals surface area contributed by atoms with Crippen LogP contribution in [0, 0.1) is 0 Å². The van der Waals surface area contributed by atoms with Crippen LogP contribution < -0.4 is 15.5 Å². The van der Waals surface area contributed by atoms with Crippen molar-refractivity contribution >= 4 is 29.6 Å². The van der Waals surface area contributed by atoms with Crippen LogP contribution in [0.2, 0.25) is 0 Å². The molecule has 0 spiro atoms. The largest absolute Gasteiger partial charge is 0.341 e. The number of carbonyl (C=O) groups is 2. The van der Waals surface area contributed by atoms with Crippen molar-refractivity contribution in [2.24, 2.45) is 0 Å². The topological polar surface area (TPSA) is 92.2 Å². The lowest BCUT2D eigenvalue weighted by molar-refractivity contribution is -0.119. The van der Waals surface area contributed by atoms with Crippen molar-refractivity contribution in [3.63, 3.8) is 0 Å². The molecule has 1 unspecified atom stereocenters. The Balaban J connectivity index is 1.47. The van der Waals surface area contributed by atoms with Gasteiger partial charge in [0.1, 0.15) is 0 Å². The first-order valence-electron chi connectivity index (χ1n) is 11.2. The third-order valence-corrected chi connectivity index (χ3v) is 6.89. The Morgan fingerprint density at radius 3 is 2.45 bits per heavy atom. The van der Waals surface area contributed by atoms with Crippen molar-refractivity contribution in [2.75, 3.05) is 18.0 Å². The number of urea groups is 1. The highest BCUT2D eigenvalue weighted by atomic mass is 32.2. The summed E-state index contributed by atoms with van der Waals surface area (Å²) in [6, 6.07) is 9.72. The SMILES string of the molecule is CC(Sc1nnc(N2CCCCC2)n1-c1ccccc1)C(=O)NC(=O)NC1CCCC1. The van der Waals surface area contributed by atoms with Crippen LogP contribution >= 0.6 is 11.8 Å². The van der Waals surface area contributed by atoms with Crippen LogP contribution in [0.3, 0.4) is 0 Å². The maximum atomic E-state index is 12.6. The minimum absolute atomic E-state index is 0.170. The molecule has 4 rings (SSSR count).